The average Bonchev–Trinajstić information content (AvgIpc) is 2.05. The Balaban J connectivity index is 2.86. The van der Waals surface area contributed by atoms with E-state index in [1.54, 1.807) is 24.3 Å². The van der Waals surface area contributed by atoms with E-state index in [1.807, 2.05) is 6.07 Å². The third kappa shape index (κ3) is 2.11. The molecule has 1 aromatic carbocycles. The monoisotopic (exact) mass is 171 g/mol. The summed E-state index contributed by atoms with van der Waals surface area (Å²) >= 11 is 0. The fraction of sp³-hybridized carbons (Fsp3) is 0.143. The van der Waals surface area contributed by atoms with E-state index in [0.717, 1.165) is 0 Å². The van der Waals surface area contributed by atoms with E-state index in [9.17, 15) is 4.21 Å². The second-order valence-electron chi connectivity index (χ2n) is 2.03. The highest BCUT2D eigenvalue weighted by molar-refractivity contribution is 7.82. The fourth-order valence-electron chi connectivity index (χ4n) is 0.689. The molecular formula is C7H9NO2S. The number of nitrogens with zero attached hydrogens (tertiary/aromatic N) is 1. The maximum absolute atomic E-state index is 11.1. The Hall–Kier alpha value is -0.710. The SMILES string of the molecule is CN(O)S(=O)c1ccccc1. The van der Waals surface area contributed by atoms with Crippen molar-refractivity contribution >= 4 is 11.0 Å². The first-order valence-electron chi connectivity index (χ1n) is 3.11. The van der Waals surface area contributed by atoms with Crippen LogP contribution in [-0.2, 0) is 11.0 Å². The van der Waals surface area contributed by atoms with Crippen LogP contribution in [0.4, 0.5) is 0 Å². The summed E-state index contributed by atoms with van der Waals surface area (Å²) < 4.78 is 11.8. The van der Waals surface area contributed by atoms with Crippen molar-refractivity contribution in [2.75, 3.05) is 7.05 Å². The molecule has 1 N–H and O–H groups in total. The molecule has 0 bridgehead atoms. The molecule has 3 nitrogen and oxygen atoms in total. The first kappa shape index (κ1) is 8.39. The van der Waals surface area contributed by atoms with Gasteiger partial charge in [0.25, 0.3) is 0 Å². The Morgan fingerprint density at radius 1 is 1.36 bits per heavy atom. The molecule has 60 valence electrons. The van der Waals surface area contributed by atoms with Crippen molar-refractivity contribution < 1.29 is 9.42 Å². The highest BCUT2D eigenvalue weighted by Crippen LogP contribution is 2.05. The predicted molar refractivity (Wildman–Crippen MR) is 42.4 cm³/mol. The molecule has 1 rings (SSSR count). The molecule has 0 saturated carbocycles. The molecule has 1 unspecified atom stereocenters. The number of hydroxylamine groups is 1. The zero-order valence-corrected chi connectivity index (χ0v) is 6.91. The topological polar surface area (TPSA) is 40.5 Å². The van der Waals surface area contributed by atoms with Crippen LogP contribution in [0.1, 0.15) is 0 Å². The van der Waals surface area contributed by atoms with E-state index in [1.165, 1.54) is 7.05 Å². The van der Waals surface area contributed by atoms with Gasteiger partial charge in [0.2, 0.25) is 0 Å². The van der Waals surface area contributed by atoms with Crippen LogP contribution >= 0.6 is 0 Å². The Bertz CT molecular complexity index is 248. The van der Waals surface area contributed by atoms with Crippen molar-refractivity contribution in [2.45, 2.75) is 4.90 Å². The highest BCUT2D eigenvalue weighted by atomic mass is 32.2. The first-order chi connectivity index (χ1) is 5.22. The van der Waals surface area contributed by atoms with E-state index >= 15 is 0 Å². The van der Waals surface area contributed by atoms with Gasteiger partial charge in [-0.1, -0.05) is 18.2 Å². The maximum Gasteiger partial charge on any atom is 0.151 e. The van der Waals surface area contributed by atoms with E-state index in [2.05, 4.69) is 0 Å². The molecular weight excluding hydrogens is 162 g/mol. The first-order valence-corrected chi connectivity index (χ1v) is 4.22. The second-order valence-corrected chi connectivity index (χ2v) is 3.52. The van der Waals surface area contributed by atoms with E-state index in [-0.39, 0.29) is 0 Å². The van der Waals surface area contributed by atoms with Gasteiger partial charge in [-0.2, -0.15) is 0 Å². The Morgan fingerprint density at radius 2 is 1.91 bits per heavy atom. The molecule has 11 heavy (non-hydrogen) atoms. The number of rotatable bonds is 2. The molecule has 0 aromatic heterocycles. The summed E-state index contributed by atoms with van der Waals surface area (Å²) in [7, 11) is -0.0959. The smallest absolute Gasteiger partial charge is 0.151 e. The summed E-state index contributed by atoms with van der Waals surface area (Å²) in [5.74, 6) is 0. The van der Waals surface area contributed by atoms with Crippen LogP contribution in [0, 0.1) is 0 Å². The van der Waals surface area contributed by atoms with Crippen LogP contribution in [0.5, 0.6) is 0 Å². The lowest BCUT2D eigenvalue weighted by Crippen LogP contribution is -2.15. The standard InChI is InChI=1S/C7H9NO2S/c1-8(9)11(10)7-5-3-2-4-6-7/h2-6,9H,1H3. The van der Waals surface area contributed by atoms with Gasteiger partial charge in [0.05, 0.1) is 4.90 Å². The maximum atomic E-state index is 11.1. The lowest BCUT2D eigenvalue weighted by Gasteiger charge is -2.05. The molecule has 0 saturated heterocycles. The Labute approximate surface area is 67.8 Å². The Kier molecular flexibility index (Phi) is 2.76. The normalized spacial score (nSPS) is 13.4. The Morgan fingerprint density at radius 3 is 2.36 bits per heavy atom. The van der Waals surface area contributed by atoms with Crippen LogP contribution in [0.3, 0.4) is 0 Å². The predicted octanol–water partition coefficient (Wildman–Crippen LogP) is 1.03. The summed E-state index contributed by atoms with van der Waals surface area (Å²) in [6, 6.07) is 8.78. The minimum absolute atomic E-state index is 0.595. The highest BCUT2D eigenvalue weighted by Gasteiger charge is 2.05. The van der Waals surface area contributed by atoms with Gasteiger partial charge in [-0.3, -0.25) is 0 Å². The van der Waals surface area contributed by atoms with Gasteiger partial charge >= 0.3 is 0 Å². The number of hydrogen-bond acceptors (Lipinski definition) is 2. The van der Waals surface area contributed by atoms with Crippen molar-refractivity contribution in [3.63, 3.8) is 0 Å². The van der Waals surface area contributed by atoms with Gasteiger partial charge in [0.1, 0.15) is 0 Å². The summed E-state index contributed by atoms with van der Waals surface area (Å²) in [5.41, 5.74) is 0. The zero-order chi connectivity index (χ0) is 8.27. The van der Waals surface area contributed by atoms with Crippen LogP contribution in [-0.4, -0.2) is 20.9 Å². The van der Waals surface area contributed by atoms with E-state index in [0.29, 0.717) is 9.36 Å². The van der Waals surface area contributed by atoms with Gasteiger partial charge in [-0.05, 0) is 12.1 Å². The fourth-order valence-corrected chi connectivity index (χ4v) is 1.38. The lowest BCUT2D eigenvalue weighted by atomic mass is 10.4. The zero-order valence-electron chi connectivity index (χ0n) is 6.10. The van der Waals surface area contributed by atoms with Crippen molar-refractivity contribution in [2.24, 2.45) is 0 Å². The summed E-state index contributed by atoms with van der Waals surface area (Å²) in [5, 5.41) is 8.81. The molecule has 0 heterocycles. The van der Waals surface area contributed by atoms with Gasteiger partial charge in [-0.15, -0.1) is 4.47 Å². The summed E-state index contributed by atoms with van der Waals surface area (Å²) in [6.45, 7) is 0. The molecule has 0 amide bonds. The molecule has 0 aliphatic heterocycles. The molecule has 0 aliphatic carbocycles. The quantitative estimate of drug-likeness (QED) is 0.675. The molecule has 0 aliphatic rings. The average molecular weight is 171 g/mol. The second kappa shape index (κ2) is 3.61. The van der Waals surface area contributed by atoms with Crippen LogP contribution < -0.4 is 0 Å². The minimum Gasteiger partial charge on any atom is -0.301 e. The van der Waals surface area contributed by atoms with E-state index < -0.39 is 11.0 Å². The molecule has 1 aromatic rings. The van der Waals surface area contributed by atoms with Crippen LogP contribution in [0.2, 0.25) is 0 Å². The van der Waals surface area contributed by atoms with Crippen molar-refractivity contribution in [1.82, 2.24) is 4.47 Å². The number of hydrogen-bond donors (Lipinski definition) is 1. The largest absolute Gasteiger partial charge is 0.301 e. The molecule has 0 fully saturated rings. The summed E-state index contributed by atoms with van der Waals surface area (Å²) in [4.78, 5) is 0.595. The molecule has 4 heteroatoms. The molecule has 0 spiro atoms. The lowest BCUT2D eigenvalue weighted by molar-refractivity contribution is 0.0380. The van der Waals surface area contributed by atoms with Crippen LogP contribution in [0.15, 0.2) is 35.2 Å². The third-order valence-electron chi connectivity index (χ3n) is 1.18. The third-order valence-corrected chi connectivity index (χ3v) is 2.34. The van der Waals surface area contributed by atoms with Crippen LogP contribution in [0.25, 0.3) is 0 Å². The van der Waals surface area contributed by atoms with Gasteiger partial charge in [0, 0.05) is 7.05 Å². The van der Waals surface area contributed by atoms with Crippen molar-refractivity contribution in [3.8, 4) is 0 Å². The molecule has 0 radical (unpaired) electrons. The number of benzene rings is 1. The van der Waals surface area contributed by atoms with Gasteiger partial charge < -0.3 is 5.21 Å². The molecule has 1 atom stereocenters. The van der Waals surface area contributed by atoms with Crippen molar-refractivity contribution in [3.05, 3.63) is 30.3 Å². The van der Waals surface area contributed by atoms with E-state index in [4.69, 9.17) is 5.21 Å². The van der Waals surface area contributed by atoms with Gasteiger partial charge in [-0.25, -0.2) is 4.21 Å². The summed E-state index contributed by atoms with van der Waals surface area (Å²) in [6.07, 6.45) is 0. The van der Waals surface area contributed by atoms with Gasteiger partial charge in [0.15, 0.2) is 11.0 Å². The van der Waals surface area contributed by atoms with Crippen molar-refractivity contribution in [1.29, 1.82) is 0 Å². The minimum atomic E-state index is -1.45.